The zero-order chi connectivity index (χ0) is 17.1. The number of rotatable bonds is 5. The van der Waals surface area contributed by atoms with E-state index in [-0.39, 0.29) is 30.2 Å². The van der Waals surface area contributed by atoms with Crippen LogP contribution in [0.1, 0.15) is 42.5 Å². The van der Waals surface area contributed by atoms with Gasteiger partial charge in [-0.15, -0.1) is 5.06 Å². The normalized spacial score (nSPS) is 20.6. The number of anilines is 1. The Hall–Kier alpha value is -2.81. The summed E-state index contributed by atoms with van der Waals surface area (Å²) in [7, 11) is 0. The van der Waals surface area contributed by atoms with Crippen LogP contribution in [0, 0.1) is 0 Å². The molecule has 1 saturated carbocycles. The van der Waals surface area contributed by atoms with Crippen LogP contribution in [0.3, 0.4) is 0 Å². The Kier molecular flexibility index (Phi) is 4.52. The summed E-state index contributed by atoms with van der Waals surface area (Å²) in [5.74, 6) is -1.33. The van der Waals surface area contributed by atoms with E-state index in [1.807, 2.05) is 0 Å². The second-order valence-electron chi connectivity index (χ2n) is 5.57. The molecule has 9 nitrogen and oxygen atoms in total. The topological polar surface area (TPSA) is 118 Å². The van der Waals surface area contributed by atoms with Crippen molar-refractivity contribution in [1.82, 2.24) is 15.5 Å². The predicted molar refractivity (Wildman–Crippen MR) is 80.1 cm³/mol. The highest BCUT2D eigenvalue weighted by atomic mass is 16.7. The monoisotopic (exact) mass is 332 g/mol. The van der Waals surface area contributed by atoms with Crippen LogP contribution < -0.4 is 10.9 Å². The van der Waals surface area contributed by atoms with E-state index in [1.165, 1.54) is 18.3 Å². The highest BCUT2D eigenvalue weighted by molar-refractivity contribution is 6.02. The lowest BCUT2D eigenvalue weighted by molar-refractivity contribution is -0.172. The van der Waals surface area contributed by atoms with E-state index in [9.17, 15) is 19.2 Å². The molecule has 0 bridgehead atoms. The molecule has 3 rings (SSSR count). The van der Waals surface area contributed by atoms with Gasteiger partial charge < -0.3 is 10.3 Å². The zero-order valence-electron chi connectivity index (χ0n) is 12.8. The first-order valence-corrected chi connectivity index (χ1v) is 7.63. The molecular weight excluding hydrogens is 316 g/mol. The number of nitrogens with zero attached hydrogens (tertiary/aromatic N) is 2. The molecule has 1 unspecified atom stereocenters. The van der Waals surface area contributed by atoms with Crippen LogP contribution in [0.25, 0.3) is 0 Å². The van der Waals surface area contributed by atoms with Crippen LogP contribution in [-0.2, 0) is 19.2 Å². The van der Waals surface area contributed by atoms with Crippen molar-refractivity contribution in [3.63, 3.8) is 0 Å². The molecule has 1 aromatic heterocycles. The molecule has 1 aliphatic carbocycles. The second kappa shape index (κ2) is 6.75. The Morgan fingerprint density at radius 3 is 2.50 bits per heavy atom. The molecule has 1 saturated heterocycles. The van der Waals surface area contributed by atoms with E-state index in [0.717, 1.165) is 12.8 Å². The number of hydrogen-bond donors (Lipinski definition) is 2. The highest BCUT2D eigenvalue weighted by Crippen LogP contribution is 2.16. The Morgan fingerprint density at radius 1 is 1.17 bits per heavy atom. The summed E-state index contributed by atoms with van der Waals surface area (Å²) in [6.07, 6.45) is 3.55. The predicted octanol–water partition coefficient (Wildman–Crippen LogP) is 0.340. The van der Waals surface area contributed by atoms with Crippen LogP contribution in [0.5, 0.6) is 0 Å². The van der Waals surface area contributed by atoms with E-state index in [4.69, 9.17) is 4.84 Å². The maximum absolute atomic E-state index is 11.9. The van der Waals surface area contributed by atoms with Gasteiger partial charge in [0.25, 0.3) is 11.8 Å². The number of hydrazine groups is 1. The second-order valence-corrected chi connectivity index (χ2v) is 5.57. The standard InChI is InChI=1S/C15H16N4O5/c20-11-3-1-2-10(11)17-18-12-5-4-9(8-16-12)15(23)24-19-13(21)6-7-14(19)22/h4-5,8,10,17H,1-3,6-7H2,(H,16,18). The Morgan fingerprint density at radius 2 is 1.92 bits per heavy atom. The number of amides is 2. The molecule has 1 aromatic rings. The first-order valence-electron chi connectivity index (χ1n) is 7.63. The lowest BCUT2D eigenvalue weighted by Gasteiger charge is -2.14. The molecule has 1 aliphatic heterocycles. The molecule has 2 heterocycles. The van der Waals surface area contributed by atoms with E-state index in [1.54, 1.807) is 0 Å². The number of pyridine rings is 1. The molecule has 2 aliphatic rings. The number of imide groups is 1. The van der Waals surface area contributed by atoms with Gasteiger partial charge in [0.15, 0.2) is 5.78 Å². The Bertz CT molecular complexity index is 672. The van der Waals surface area contributed by atoms with Gasteiger partial charge in [0.05, 0.1) is 11.6 Å². The molecule has 1 atom stereocenters. The van der Waals surface area contributed by atoms with Gasteiger partial charge in [0.2, 0.25) is 0 Å². The molecule has 9 heteroatoms. The number of carbonyl (C=O) groups is 4. The molecule has 0 aromatic carbocycles. The summed E-state index contributed by atoms with van der Waals surface area (Å²) in [6.45, 7) is 0. The summed E-state index contributed by atoms with van der Waals surface area (Å²) in [6, 6.07) is 2.74. The third kappa shape index (κ3) is 3.40. The molecular formula is C15H16N4O5. The maximum Gasteiger partial charge on any atom is 0.365 e. The van der Waals surface area contributed by atoms with E-state index in [2.05, 4.69) is 15.8 Å². The molecule has 0 spiro atoms. The van der Waals surface area contributed by atoms with Gasteiger partial charge in [-0.1, -0.05) is 0 Å². The molecule has 24 heavy (non-hydrogen) atoms. The number of carbonyl (C=O) groups excluding carboxylic acids is 4. The Balaban J connectivity index is 1.55. The average Bonchev–Trinajstić information content (AvgIpc) is 3.13. The number of nitrogens with one attached hydrogen (secondary N) is 2. The van der Waals surface area contributed by atoms with Gasteiger partial charge in [-0.05, 0) is 25.0 Å². The van der Waals surface area contributed by atoms with Gasteiger partial charge in [0.1, 0.15) is 5.82 Å². The minimum absolute atomic E-state index is 0.0405. The van der Waals surface area contributed by atoms with Crippen LogP contribution in [0.4, 0.5) is 5.82 Å². The maximum atomic E-state index is 11.9. The van der Waals surface area contributed by atoms with Gasteiger partial charge in [-0.3, -0.25) is 14.4 Å². The van der Waals surface area contributed by atoms with Crippen LogP contribution in [0.15, 0.2) is 18.3 Å². The Labute approximate surface area is 137 Å². The summed E-state index contributed by atoms with van der Waals surface area (Å²) in [5, 5.41) is 0.488. The van der Waals surface area contributed by atoms with Crippen molar-refractivity contribution in [2.24, 2.45) is 0 Å². The van der Waals surface area contributed by atoms with Crippen LogP contribution in [0.2, 0.25) is 0 Å². The number of hydroxylamine groups is 2. The van der Waals surface area contributed by atoms with E-state index < -0.39 is 17.8 Å². The quantitative estimate of drug-likeness (QED) is 0.585. The fraction of sp³-hybridized carbons (Fsp3) is 0.400. The van der Waals surface area contributed by atoms with Gasteiger partial charge >= 0.3 is 5.97 Å². The van der Waals surface area contributed by atoms with E-state index in [0.29, 0.717) is 17.3 Å². The van der Waals surface area contributed by atoms with Crippen molar-refractivity contribution in [3.05, 3.63) is 23.9 Å². The lowest BCUT2D eigenvalue weighted by atomic mass is 10.2. The zero-order valence-corrected chi connectivity index (χ0v) is 12.8. The molecule has 0 radical (unpaired) electrons. The highest BCUT2D eigenvalue weighted by Gasteiger charge is 2.33. The van der Waals surface area contributed by atoms with Gasteiger partial charge in [0, 0.05) is 25.5 Å². The largest absolute Gasteiger partial charge is 0.365 e. The molecule has 126 valence electrons. The fourth-order valence-electron chi connectivity index (χ4n) is 2.51. The lowest BCUT2D eigenvalue weighted by Crippen LogP contribution is -2.37. The SMILES string of the molecule is O=C(ON1C(=O)CCC1=O)c1ccc(NNC2CCCC2=O)nc1. The number of hydrogen-bond acceptors (Lipinski definition) is 8. The molecule has 2 fully saturated rings. The van der Waals surface area contributed by atoms with Crippen molar-refractivity contribution in [2.75, 3.05) is 5.43 Å². The number of ketones is 1. The average molecular weight is 332 g/mol. The smallest absolute Gasteiger partial charge is 0.325 e. The first kappa shape index (κ1) is 16.1. The first-order chi connectivity index (χ1) is 11.5. The summed E-state index contributed by atoms with van der Waals surface area (Å²) < 4.78 is 0. The van der Waals surface area contributed by atoms with Crippen molar-refractivity contribution >= 4 is 29.4 Å². The minimum atomic E-state index is -0.837. The molecule has 2 N–H and O–H groups in total. The number of aromatic nitrogens is 1. The molecule has 2 amide bonds. The van der Waals surface area contributed by atoms with Crippen molar-refractivity contribution < 1.29 is 24.0 Å². The third-order valence-electron chi connectivity index (χ3n) is 3.86. The van der Waals surface area contributed by atoms with Crippen molar-refractivity contribution in [1.29, 1.82) is 0 Å². The summed E-state index contributed by atoms with van der Waals surface area (Å²) >= 11 is 0. The van der Waals surface area contributed by atoms with E-state index >= 15 is 0 Å². The number of Topliss-reactive ketones (excluding diaryl/α,β-unsaturated/α-hetero) is 1. The summed E-state index contributed by atoms with van der Waals surface area (Å²) in [5.41, 5.74) is 5.81. The van der Waals surface area contributed by atoms with Crippen LogP contribution >= 0.6 is 0 Å². The third-order valence-corrected chi connectivity index (χ3v) is 3.86. The van der Waals surface area contributed by atoms with Crippen LogP contribution in [-0.4, -0.2) is 39.7 Å². The summed E-state index contributed by atoms with van der Waals surface area (Å²) in [4.78, 5) is 55.1. The fourth-order valence-corrected chi connectivity index (χ4v) is 2.51. The van der Waals surface area contributed by atoms with Crippen molar-refractivity contribution in [2.45, 2.75) is 38.1 Å². The minimum Gasteiger partial charge on any atom is -0.325 e. The van der Waals surface area contributed by atoms with Gasteiger partial charge in [-0.25, -0.2) is 15.2 Å². The van der Waals surface area contributed by atoms with Gasteiger partial charge in [-0.2, -0.15) is 0 Å². The van der Waals surface area contributed by atoms with Crippen molar-refractivity contribution in [3.8, 4) is 0 Å².